The topological polar surface area (TPSA) is 54.4 Å². The molecule has 3 unspecified atom stereocenters. The Balaban J connectivity index is 2.14. The lowest BCUT2D eigenvalue weighted by Crippen LogP contribution is -2.37. The Kier molecular flexibility index (Phi) is 7.89. The molecular weight excluding hydrogens is 381 g/mol. The third kappa shape index (κ3) is 6.31. The van der Waals surface area contributed by atoms with Crippen LogP contribution in [0.2, 0.25) is 0 Å². The quantitative estimate of drug-likeness (QED) is 0.568. The molecule has 2 rings (SSSR count). The van der Waals surface area contributed by atoms with Gasteiger partial charge >= 0.3 is 12.1 Å². The Labute approximate surface area is 170 Å². The molecule has 1 fully saturated rings. The summed E-state index contributed by atoms with van der Waals surface area (Å²) in [5, 5.41) is 9.03. The van der Waals surface area contributed by atoms with Crippen molar-refractivity contribution in [3.05, 3.63) is 35.4 Å². The summed E-state index contributed by atoms with van der Waals surface area (Å²) in [6.45, 7) is 6.06. The van der Waals surface area contributed by atoms with E-state index in [9.17, 15) is 22.8 Å². The van der Waals surface area contributed by atoms with E-state index >= 15 is 0 Å². The monoisotopic (exact) mass is 412 g/mol. The van der Waals surface area contributed by atoms with Crippen molar-refractivity contribution >= 4 is 11.8 Å². The lowest BCUT2D eigenvalue weighted by atomic mass is 9.70. The second-order valence-electron chi connectivity index (χ2n) is 8.78. The highest BCUT2D eigenvalue weighted by Gasteiger charge is 2.48. The zero-order valence-electron chi connectivity index (χ0n) is 17.3. The predicted molar refractivity (Wildman–Crippen MR) is 106 cm³/mol. The number of ketones is 1. The highest BCUT2D eigenvalue weighted by Crippen LogP contribution is 2.41. The van der Waals surface area contributed by atoms with Gasteiger partial charge in [0.1, 0.15) is 5.78 Å². The number of rotatable bonds is 8. The van der Waals surface area contributed by atoms with Crippen molar-refractivity contribution in [3.63, 3.8) is 0 Å². The van der Waals surface area contributed by atoms with Crippen LogP contribution in [0.15, 0.2) is 24.3 Å². The van der Waals surface area contributed by atoms with Crippen LogP contribution in [0, 0.1) is 23.7 Å². The molecule has 1 aromatic rings. The maximum absolute atomic E-state index is 13.1. The molecule has 0 heterocycles. The van der Waals surface area contributed by atoms with Crippen molar-refractivity contribution in [3.8, 4) is 0 Å². The van der Waals surface area contributed by atoms with Gasteiger partial charge in [-0.25, -0.2) is 0 Å². The number of hydrogen-bond donors (Lipinski definition) is 1. The summed E-state index contributed by atoms with van der Waals surface area (Å²) >= 11 is 0. The summed E-state index contributed by atoms with van der Waals surface area (Å²) in [7, 11) is 0. The molecule has 1 aromatic carbocycles. The number of carbonyl (C=O) groups is 2. The SMILES string of the molecule is CC(C)Cc1ccc([C@H](C)C(=O)C2CCCCC2CC(C(=O)O)C(F)(F)F)cc1. The molecule has 162 valence electrons. The molecule has 0 spiro atoms. The van der Waals surface area contributed by atoms with Gasteiger partial charge in [-0.15, -0.1) is 0 Å². The van der Waals surface area contributed by atoms with Crippen LogP contribution < -0.4 is 0 Å². The molecule has 4 atom stereocenters. The Bertz CT molecular complexity index is 694. The first-order chi connectivity index (χ1) is 13.5. The van der Waals surface area contributed by atoms with E-state index in [0.717, 1.165) is 24.8 Å². The third-order valence-corrected chi connectivity index (χ3v) is 6.06. The number of carboxylic acid groups (broad SMARTS) is 1. The van der Waals surface area contributed by atoms with E-state index in [4.69, 9.17) is 5.11 Å². The number of aliphatic carboxylic acids is 1. The van der Waals surface area contributed by atoms with Crippen LogP contribution in [-0.2, 0) is 16.0 Å². The first kappa shape index (κ1) is 23.4. The van der Waals surface area contributed by atoms with Crippen molar-refractivity contribution in [1.82, 2.24) is 0 Å². The van der Waals surface area contributed by atoms with Crippen molar-refractivity contribution < 1.29 is 27.9 Å². The van der Waals surface area contributed by atoms with Crippen LogP contribution in [0.3, 0.4) is 0 Å². The predicted octanol–water partition coefficient (Wildman–Crippen LogP) is 6.02. The smallest absolute Gasteiger partial charge is 0.402 e. The van der Waals surface area contributed by atoms with Gasteiger partial charge in [-0.2, -0.15) is 13.2 Å². The first-order valence-electron chi connectivity index (χ1n) is 10.4. The summed E-state index contributed by atoms with van der Waals surface area (Å²) in [5.41, 5.74) is 2.05. The van der Waals surface area contributed by atoms with E-state index in [0.29, 0.717) is 18.8 Å². The van der Waals surface area contributed by atoms with Crippen LogP contribution >= 0.6 is 0 Å². The number of alkyl halides is 3. The Morgan fingerprint density at radius 1 is 1.07 bits per heavy atom. The summed E-state index contributed by atoms with van der Waals surface area (Å²) < 4.78 is 39.4. The molecule has 0 bridgehead atoms. The maximum Gasteiger partial charge on any atom is 0.402 e. The maximum atomic E-state index is 13.1. The lowest BCUT2D eigenvalue weighted by molar-refractivity contribution is -0.198. The van der Waals surface area contributed by atoms with Gasteiger partial charge in [0, 0.05) is 11.8 Å². The molecule has 1 aliphatic rings. The highest BCUT2D eigenvalue weighted by molar-refractivity contribution is 5.88. The molecule has 29 heavy (non-hydrogen) atoms. The molecule has 1 saturated carbocycles. The summed E-state index contributed by atoms with van der Waals surface area (Å²) in [4.78, 5) is 24.3. The van der Waals surface area contributed by atoms with E-state index in [-0.39, 0.29) is 5.78 Å². The van der Waals surface area contributed by atoms with Gasteiger partial charge in [0.25, 0.3) is 0 Å². The van der Waals surface area contributed by atoms with Crippen LogP contribution in [-0.4, -0.2) is 23.0 Å². The van der Waals surface area contributed by atoms with Crippen molar-refractivity contribution in [2.45, 2.75) is 71.4 Å². The first-order valence-corrected chi connectivity index (χ1v) is 10.4. The molecule has 0 aliphatic heterocycles. The number of hydrogen-bond acceptors (Lipinski definition) is 2. The van der Waals surface area contributed by atoms with Crippen LogP contribution in [0.5, 0.6) is 0 Å². The second-order valence-corrected chi connectivity index (χ2v) is 8.78. The minimum Gasteiger partial charge on any atom is -0.481 e. The Morgan fingerprint density at radius 3 is 2.17 bits per heavy atom. The fraction of sp³-hybridized carbons (Fsp3) is 0.652. The zero-order chi connectivity index (χ0) is 21.8. The molecule has 3 nitrogen and oxygen atoms in total. The second kappa shape index (κ2) is 9.77. The van der Waals surface area contributed by atoms with E-state index in [1.54, 1.807) is 6.92 Å². The fourth-order valence-corrected chi connectivity index (χ4v) is 4.44. The minimum absolute atomic E-state index is 0.0716. The normalized spacial score (nSPS) is 22.3. The molecule has 1 N–H and O–H groups in total. The van der Waals surface area contributed by atoms with Gasteiger partial charge in [-0.1, -0.05) is 57.9 Å². The lowest BCUT2D eigenvalue weighted by Gasteiger charge is -2.34. The average Bonchev–Trinajstić information content (AvgIpc) is 2.64. The van der Waals surface area contributed by atoms with Gasteiger partial charge in [0.15, 0.2) is 5.92 Å². The highest BCUT2D eigenvalue weighted by atomic mass is 19.4. The molecule has 0 aromatic heterocycles. The molecule has 0 radical (unpaired) electrons. The van der Waals surface area contributed by atoms with Gasteiger partial charge in [0.05, 0.1) is 0 Å². The molecule has 0 saturated heterocycles. The summed E-state index contributed by atoms with van der Waals surface area (Å²) in [6.07, 6.45) is -1.85. The van der Waals surface area contributed by atoms with Crippen LogP contribution in [0.1, 0.15) is 69.9 Å². The molecule has 0 amide bonds. The summed E-state index contributed by atoms with van der Waals surface area (Å²) in [6, 6.07) is 7.85. The largest absolute Gasteiger partial charge is 0.481 e. The van der Waals surface area contributed by atoms with E-state index in [2.05, 4.69) is 13.8 Å². The Morgan fingerprint density at radius 2 is 1.66 bits per heavy atom. The number of halogens is 3. The number of Topliss-reactive ketones (excluding diaryl/α,β-unsaturated/α-hetero) is 1. The third-order valence-electron chi connectivity index (χ3n) is 6.06. The van der Waals surface area contributed by atoms with Gasteiger partial charge < -0.3 is 5.11 Å². The van der Waals surface area contributed by atoms with E-state index < -0.39 is 42.2 Å². The van der Waals surface area contributed by atoms with Crippen molar-refractivity contribution in [2.75, 3.05) is 0 Å². The Hall–Kier alpha value is -1.85. The zero-order valence-corrected chi connectivity index (χ0v) is 17.3. The average molecular weight is 412 g/mol. The van der Waals surface area contributed by atoms with Crippen LogP contribution in [0.25, 0.3) is 0 Å². The molecule has 1 aliphatic carbocycles. The van der Waals surface area contributed by atoms with Crippen molar-refractivity contribution in [1.29, 1.82) is 0 Å². The van der Waals surface area contributed by atoms with Crippen molar-refractivity contribution in [2.24, 2.45) is 23.7 Å². The van der Waals surface area contributed by atoms with Crippen LogP contribution in [0.4, 0.5) is 13.2 Å². The van der Waals surface area contributed by atoms with Gasteiger partial charge in [0.2, 0.25) is 0 Å². The van der Waals surface area contributed by atoms with E-state index in [1.807, 2.05) is 24.3 Å². The number of benzene rings is 1. The number of carboxylic acids is 1. The molecule has 6 heteroatoms. The minimum atomic E-state index is -4.80. The summed E-state index contributed by atoms with van der Waals surface area (Å²) in [5.74, 6) is -5.28. The van der Waals surface area contributed by atoms with Gasteiger partial charge in [-0.3, -0.25) is 9.59 Å². The van der Waals surface area contributed by atoms with E-state index in [1.165, 1.54) is 5.56 Å². The van der Waals surface area contributed by atoms with Gasteiger partial charge in [-0.05, 0) is 48.6 Å². The molecular formula is C23H31F3O3. The fourth-order valence-electron chi connectivity index (χ4n) is 4.44. The standard InChI is InChI=1S/C23H31F3O3/c1-14(2)12-16-8-10-17(11-9-16)15(3)21(27)19-7-5-4-6-18(19)13-20(22(28)29)23(24,25)26/h8-11,14-15,18-20H,4-7,12-13H2,1-3H3,(H,28,29)/t15-,18?,19?,20?/m0/s1. The number of carbonyl (C=O) groups excluding carboxylic acids is 1.